The molecular weight excluding hydrogens is 451 g/mol. The molecule has 2 aromatic carbocycles. The molecule has 10 heteroatoms. The summed E-state index contributed by atoms with van der Waals surface area (Å²) in [5.41, 5.74) is 0.102. The molecule has 4 aromatic rings. The van der Waals surface area contributed by atoms with Crippen LogP contribution in [0.1, 0.15) is 21.1 Å². The van der Waals surface area contributed by atoms with E-state index in [1.54, 1.807) is 11.4 Å². The number of fused-ring (bicyclic) bond motifs is 1. The molecular formula is C21H13ClF3N3O2S. The van der Waals surface area contributed by atoms with E-state index in [0.717, 1.165) is 0 Å². The van der Waals surface area contributed by atoms with Crippen molar-refractivity contribution < 1.29 is 23.1 Å². The van der Waals surface area contributed by atoms with Gasteiger partial charge in [0.05, 0.1) is 35.1 Å². The summed E-state index contributed by atoms with van der Waals surface area (Å²) >= 11 is 7.47. The smallest absolute Gasteiger partial charge is 0.251 e. The van der Waals surface area contributed by atoms with Crippen LogP contribution in [0.25, 0.3) is 22.0 Å². The maximum absolute atomic E-state index is 14.4. The monoisotopic (exact) mass is 463 g/mol. The van der Waals surface area contributed by atoms with Crippen molar-refractivity contribution in [1.82, 2.24) is 15.3 Å². The van der Waals surface area contributed by atoms with Gasteiger partial charge in [-0.3, -0.25) is 9.78 Å². The lowest BCUT2D eigenvalue weighted by atomic mass is 10.0. The number of aromatic nitrogens is 2. The first-order valence-electron chi connectivity index (χ1n) is 8.93. The minimum atomic E-state index is -1.12. The number of hydrogen-bond donors (Lipinski definition) is 2. The lowest BCUT2D eigenvalue weighted by molar-refractivity contribution is 0.0951. The number of benzene rings is 2. The maximum Gasteiger partial charge on any atom is 0.251 e. The van der Waals surface area contributed by atoms with Crippen LogP contribution in [0.2, 0.25) is 5.02 Å². The van der Waals surface area contributed by atoms with Gasteiger partial charge >= 0.3 is 0 Å². The summed E-state index contributed by atoms with van der Waals surface area (Å²) in [7, 11) is 0. The number of pyridine rings is 1. The molecule has 0 radical (unpaired) electrons. The van der Waals surface area contributed by atoms with Crippen molar-refractivity contribution in [1.29, 1.82) is 0 Å². The van der Waals surface area contributed by atoms with Crippen LogP contribution in [0, 0.1) is 17.5 Å². The van der Waals surface area contributed by atoms with Crippen molar-refractivity contribution in [2.45, 2.75) is 13.2 Å². The second kappa shape index (κ2) is 8.62. The molecule has 2 N–H and O–H groups in total. The molecule has 1 amide bonds. The van der Waals surface area contributed by atoms with Gasteiger partial charge in [-0.15, -0.1) is 11.3 Å². The van der Waals surface area contributed by atoms with Gasteiger partial charge < -0.3 is 10.4 Å². The van der Waals surface area contributed by atoms with Crippen LogP contribution in [0.5, 0.6) is 0 Å². The molecule has 4 rings (SSSR count). The van der Waals surface area contributed by atoms with E-state index in [4.69, 9.17) is 16.7 Å². The SMILES string of the molecule is O=C(NCc1nc(CO)cs1)c1ccc2c(Cl)cnc(-c3c(F)cc(F)cc3F)c2c1. The molecule has 0 unspecified atom stereocenters. The van der Waals surface area contributed by atoms with Crippen LogP contribution in [0.3, 0.4) is 0 Å². The predicted octanol–water partition coefficient (Wildman–Crippen LogP) is 4.85. The quantitative estimate of drug-likeness (QED) is 0.443. The van der Waals surface area contributed by atoms with Gasteiger partial charge in [-0.1, -0.05) is 17.7 Å². The van der Waals surface area contributed by atoms with E-state index in [2.05, 4.69) is 15.3 Å². The van der Waals surface area contributed by atoms with E-state index in [9.17, 15) is 18.0 Å². The van der Waals surface area contributed by atoms with Gasteiger partial charge in [-0.2, -0.15) is 0 Å². The number of nitrogens with zero attached hydrogens (tertiary/aromatic N) is 2. The summed E-state index contributed by atoms with van der Waals surface area (Å²) in [5, 5.41) is 15.0. The number of nitrogens with one attached hydrogen (secondary N) is 1. The summed E-state index contributed by atoms with van der Waals surface area (Å²) in [4.78, 5) is 20.8. The van der Waals surface area contributed by atoms with Gasteiger partial charge in [0.1, 0.15) is 22.5 Å². The predicted molar refractivity (Wildman–Crippen MR) is 111 cm³/mol. The molecule has 0 aliphatic heterocycles. The highest BCUT2D eigenvalue weighted by Gasteiger charge is 2.19. The fourth-order valence-corrected chi connectivity index (χ4v) is 4.02. The second-order valence-electron chi connectivity index (χ2n) is 6.53. The largest absolute Gasteiger partial charge is 0.390 e. The summed E-state index contributed by atoms with van der Waals surface area (Å²) in [6.45, 7) is -0.0500. The number of halogens is 4. The minimum Gasteiger partial charge on any atom is -0.390 e. The van der Waals surface area contributed by atoms with Crippen molar-refractivity contribution in [3.05, 3.63) is 80.6 Å². The molecule has 2 heterocycles. The number of aliphatic hydroxyl groups excluding tert-OH is 1. The van der Waals surface area contributed by atoms with Crippen LogP contribution in [-0.4, -0.2) is 21.0 Å². The maximum atomic E-state index is 14.4. The third-order valence-corrected chi connectivity index (χ3v) is 5.71. The Kier molecular flexibility index (Phi) is 5.90. The zero-order chi connectivity index (χ0) is 22.1. The van der Waals surface area contributed by atoms with E-state index >= 15 is 0 Å². The van der Waals surface area contributed by atoms with Gasteiger partial charge in [-0.05, 0) is 12.1 Å². The molecule has 158 valence electrons. The Labute approximate surface area is 183 Å². The fourth-order valence-electron chi connectivity index (χ4n) is 3.08. The van der Waals surface area contributed by atoms with Gasteiger partial charge in [0.15, 0.2) is 0 Å². The molecule has 0 bridgehead atoms. The number of rotatable bonds is 5. The second-order valence-corrected chi connectivity index (χ2v) is 7.88. The van der Waals surface area contributed by atoms with Crippen molar-refractivity contribution in [2.75, 3.05) is 0 Å². The molecule has 0 saturated carbocycles. The lowest BCUT2D eigenvalue weighted by Gasteiger charge is -2.11. The Morgan fingerprint density at radius 2 is 1.87 bits per heavy atom. The molecule has 0 aliphatic rings. The number of thiazole rings is 1. The molecule has 0 saturated heterocycles. The number of carbonyl (C=O) groups is 1. The van der Waals surface area contributed by atoms with Gasteiger partial charge in [0.2, 0.25) is 0 Å². The summed E-state index contributed by atoms with van der Waals surface area (Å²) in [6, 6.07) is 5.61. The first kappa shape index (κ1) is 21.2. The van der Waals surface area contributed by atoms with Crippen molar-refractivity contribution in [3.8, 4) is 11.3 Å². The average Bonchev–Trinajstić information content (AvgIpc) is 3.21. The van der Waals surface area contributed by atoms with Gasteiger partial charge in [0.25, 0.3) is 5.91 Å². The molecule has 0 atom stereocenters. The van der Waals surface area contributed by atoms with E-state index in [0.29, 0.717) is 28.2 Å². The van der Waals surface area contributed by atoms with Crippen LogP contribution >= 0.6 is 22.9 Å². The zero-order valence-corrected chi connectivity index (χ0v) is 17.2. The third kappa shape index (κ3) is 4.25. The lowest BCUT2D eigenvalue weighted by Crippen LogP contribution is -2.22. The highest BCUT2D eigenvalue weighted by molar-refractivity contribution is 7.09. The number of amides is 1. The van der Waals surface area contributed by atoms with Crippen LogP contribution in [0.15, 0.2) is 41.9 Å². The van der Waals surface area contributed by atoms with Crippen molar-refractivity contribution >= 4 is 39.6 Å². The van der Waals surface area contributed by atoms with Crippen molar-refractivity contribution in [3.63, 3.8) is 0 Å². The van der Waals surface area contributed by atoms with E-state index in [1.165, 1.54) is 29.7 Å². The van der Waals surface area contributed by atoms with Crippen LogP contribution in [0.4, 0.5) is 13.2 Å². The normalized spacial score (nSPS) is 11.1. The first-order valence-corrected chi connectivity index (χ1v) is 10.2. The number of aliphatic hydroxyl groups is 1. The molecule has 2 aromatic heterocycles. The summed E-state index contributed by atoms with van der Waals surface area (Å²) < 4.78 is 42.1. The topological polar surface area (TPSA) is 75.1 Å². The summed E-state index contributed by atoms with van der Waals surface area (Å²) in [5.74, 6) is -3.74. The Balaban J connectivity index is 1.72. The zero-order valence-electron chi connectivity index (χ0n) is 15.6. The van der Waals surface area contributed by atoms with Crippen LogP contribution in [-0.2, 0) is 13.2 Å². The van der Waals surface area contributed by atoms with Gasteiger partial charge in [0, 0.05) is 40.0 Å². The van der Waals surface area contributed by atoms with E-state index in [-0.39, 0.29) is 34.8 Å². The van der Waals surface area contributed by atoms with Gasteiger partial charge in [-0.25, -0.2) is 18.2 Å². The van der Waals surface area contributed by atoms with E-state index in [1.807, 2.05) is 0 Å². The summed E-state index contributed by atoms with van der Waals surface area (Å²) in [6.07, 6.45) is 1.24. The molecule has 0 spiro atoms. The highest BCUT2D eigenvalue weighted by Crippen LogP contribution is 2.34. The van der Waals surface area contributed by atoms with Crippen LogP contribution < -0.4 is 5.32 Å². The molecule has 5 nitrogen and oxygen atoms in total. The van der Waals surface area contributed by atoms with Crippen molar-refractivity contribution in [2.24, 2.45) is 0 Å². The molecule has 0 aliphatic carbocycles. The average molecular weight is 464 g/mol. The number of hydrogen-bond acceptors (Lipinski definition) is 5. The Morgan fingerprint density at radius 1 is 1.13 bits per heavy atom. The fraction of sp³-hybridized carbons (Fsp3) is 0.0952. The number of carbonyl (C=O) groups excluding carboxylic acids is 1. The highest BCUT2D eigenvalue weighted by atomic mass is 35.5. The minimum absolute atomic E-state index is 0.100. The Hall–Kier alpha value is -3.01. The first-order chi connectivity index (χ1) is 14.9. The van der Waals surface area contributed by atoms with E-state index < -0.39 is 28.9 Å². The molecule has 0 fully saturated rings. The Bertz CT molecular complexity index is 1290. The third-order valence-electron chi connectivity index (χ3n) is 4.51. The Morgan fingerprint density at radius 3 is 2.55 bits per heavy atom. The molecule has 31 heavy (non-hydrogen) atoms. The standard InChI is InChI=1S/C21H13ClF3N3O2S/c22-15-6-26-20(19-16(24)4-11(23)5-17(19)25)14-3-10(1-2-13(14)15)21(30)27-7-18-28-12(8-29)9-31-18/h1-6,9,29H,7-8H2,(H,27,30).